The smallest absolute Gasteiger partial charge is 0.0460 e. The van der Waals surface area contributed by atoms with Gasteiger partial charge in [-0.05, 0) is 42.4 Å². The van der Waals surface area contributed by atoms with E-state index in [2.05, 4.69) is 23.7 Å². The molecule has 0 amide bonds. The van der Waals surface area contributed by atoms with E-state index in [9.17, 15) is 0 Å². The van der Waals surface area contributed by atoms with Gasteiger partial charge in [-0.2, -0.15) is 0 Å². The van der Waals surface area contributed by atoms with Crippen molar-refractivity contribution in [2.24, 2.45) is 0 Å². The van der Waals surface area contributed by atoms with Crippen LogP contribution in [0.5, 0.6) is 0 Å². The van der Waals surface area contributed by atoms with Gasteiger partial charge in [0.05, 0.1) is 0 Å². The number of nitrogens with one attached hydrogen (secondary N) is 1. The van der Waals surface area contributed by atoms with Crippen LogP contribution in [0.1, 0.15) is 29.5 Å². The topological polar surface area (TPSA) is 32.3 Å². The first-order chi connectivity index (χ1) is 6.42. The van der Waals surface area contributed by atoms with Crippen LogP contribution in [0.25, 0.3) is 0 Å². The molecule has 1 aromatic carbocycles. The van der Waals surface area contributed by atoms with Crippen LogP contribution in [0, 0.1) is 0 Å². The molecule has 1 aliphatic carbocycles. The molecular weight excluding hydrogens is 162 g/mol. The van der Waals surface area contributed by atoms with E-state index in [0.717, 1.165) is 0 Å². The van der Waals surface area contributed by atoms with E-state index in [-0.39, 0.29) is 0 Å². The van der Waals surface area contributed by atoms with Crippen LogP contribution in [0.15, 0.2) is 18.2 Å². The summed E-state index contributed by atoms with van der Waals surface area (Å²) in [6.45, 7) is 0.573. The second kappa shape index (κ2) is 3.90. The lowest BCUT2D eigenvalue weighted by molar-refractivity contribution is 0.161. The second-order valence-corrected chi connectivity index (χ2v) is 3.60. The molecule has 0 bridgehead atoms. The minimum Gasteiger partial charge on any atom is -0.316 e. The quantitative estimate of drug-likeness (QED) is 0.677. The highest BCUT2D eigenvalue weighted by Crippen LogP contribution is 2.24. The zero-order chi connectivity index (χ0) is 9.10. The molecule has 0 heterocycles. The number of fused-ring (bicyclic) bond motifs is 1. The summed E-state index contributed by atoms with van der Waals surface area (Å²) in [5, 5.41) is 8.67. The third-order valence-electron chi connectivity index (χ3n) is 2.76. The molecule has 1 aliphatic rings. The van der Waals surface area contributed by atoms with Crippen molar-refractivity contribution in [2.45, 2.75) is 32.2 Å². The van der Waals surface area contributed by atoms with Crippen molar-refractivity contribution in [3.63, 3.8) is 0 Å². The predicted octanol–water partition coefficient (Wildman–Crippen LogP) is 2.04. The van der Waals surface area contributed by atoms with E-state index in [1.165, 1.54) is 42.4 Å². The van der Waals surface area contributed by atoms with Crippen molar-refractivity contribution >= 4 is 0 Å². The lowest BCUT2D eigenvalue weighted by Gasteiger charge is -2.18. The highest BCUT2D eigenvalue weighted by atomic mass is 16.5. The fraction of sp³-hybridized carbons (Fsp3) is 0.455. The van der Waals surface area contributed by atoms with Crippen LogP contribution in [0.4, 0.5) is 0 Å². The summed E-state index contributed by atoms with van der Waals surface area (Å²) in [5.74, 6) is 0. The molecule has 70 valence electrons. The largest absolute Gasteiger partial charge is 0.316 e. The summed E-state index contributed by atoms with van der Waals surface area (Å²) in [6, 6.07) is 6.37. The second-order valence-electron chi connectivity index (χ2n) is 3.60. The van der Waals surface area contributed by atoms with E-state index in [1.807, 2.05) is 0 Å². The van der Waals surface area contributed by atoms with E-state index >= 15 is 0 Å². The standard InChI is InChI=1S/C11H15NO/c13-12-8-10-6-3-5-9-4-1-2-7-11(9)10/h3,5-6,12-13H,1-2,4,7-8H2. The van der Waals surface area contributed by atoms with Gasteiger partial charge in [-0.3, -0.25) is 0 Å². The highest BCUT2D eigenvalue weighted by Gasteiger charge is 2.11. The molecule has 0 atom stereocenters. The first-order valence-electron chi connectivity index (χ1n) is 4.88. The molecule has 2 heteroatoms. The van der Waals surface area contributed by atoms with E-state index in [1.54, 1.807) is 0 Å². The molecule has 0 saturated carbocycles. The van der Waals surface area contributed by atoms with Gasteiger partial charge in [0.15, 0.2) is 0 Å². The maximum Gasteiger partial charge on any atom is 0.0460 e. The molecule has 0 aromatic heterocycles. The van der Waals surface area contributed by atoms with Crippen molar-refractivity contribution < 1.29 is 5.21 Å². The van der Waals surface area contributed by atoms with Crippen molar-refractivity contribution in [3.8, 4) is 0 Å². The Balaban J connectivity index is 2.34. The van der Waals surface area contributed by atoms with E-state index in [4.69, 9.17) is 5.21 Å². The van der Waals surface area contributed by atoms with Crippen LogP contribution in [-0.2, 0) is 19.4 Å². The Kier molecular flexibility index (Phi) is 2.62. The molecule has 0 aliphatic heterocycles. The summed E-state index contributed by atoms with van der Waals surface area (Å²) in [5.41, 5.74) is 6.41. The van der Waals surface area contributed by atoms with E-state index in [0.29, 0.717) is 6.54 Å². The summed E-state index contributed by atoms with van der Waals surface area (Å²) >= 11 is 0. The molecular formula is C11H15NO. The molecule has 1 aromatic rings. The average Bonchev–Trinajstić information content (AvgIpc) is 2.19. The monoisotopic (exact) mass is 177 g/mol. The van der Waals surface area contributed by atoms with Crippen LogP contribution in [0.3, 0.4) is 0 Å². The molecule has 0 radical (unpaired) electrons. The molecule has 0 unspecified atom stereocenters. The Labute approximate surface area is 78.5 Å². The summed E-state index contributed by atoms with van der Waals surface area (Å²) in [7, 11) is 0. The minimum atomic E-state index is 0.573. The van der Waals surface area contributed by atoms with E-state index < -0.39 is 0 Å². The van der Waals surface area contributed by atoms with Crippen molar-refractivity contribution in [3.05, 3.63) is 34.9 Å². The fourth-order valence-electron chi connectivity index (χ4n) is 2.11. The van der Waals surface area contributed by atoms with Gasteiger partial charge in [-0.15, -0.1) is 0 Å². The molecule has 2 N–H and O–H groups in total. The third kappa shape index (κ3) is 1.74. The first kappa shape index (κ1) is 8.73. The van der Waals surface area contributed by atoms with Gasteiger partial charge in [0, 0.05) is 6.54 Å². The minimum absolute atomic E-state index is 0.573. The zero-order valence-corrected chi connectivity index (χ0v) is 7.71. The summed E-state index contributed by atoms with van der Waals surface area (Å²) < 4.78 is 0. The summed E-state index contributed by atoms with van der Waals surface area (Å²) in [4.78, 5) is 0. The van der Waals surface area contributed by atoms with Gasteiger partial charge in [0.2, 0.25) is 0 Å². The van der Waals surface area contributed by atoms with Crippen LogP contribution < -0.4 is 5.48 Å². The normalized spacial score (nSPS) is 15.5. The molecule has 0 fully saturated rings. The average molecular weight is 177 g/mol. The zero-order valence-electron chi connectivity index (χ0n) is 7.71. The summed E-state index contributed by atoms with van der Waals surface area (Å²) in [6.07, 6.45) is 4.97. The highest BCUT2D eigenvalue weighted by molar-refractivity contribution is 5.36. The molecule has 2 nitrogen and oxygen atoms in total. The van der Waals surface area contributed by atoms with Gasteiger partial charge in [-0.25, -0.2) is 5.48 Å². The van der Waals surface area contributed by atoms with Crippen LogP contribution >= 0.6 is 0 Å². The van der Waals surface area contributed by atoms with Gasteiger partial charge in [0.25, 0.3) is 0 Å². The predicted molar refractivity (Wildman–Crippen MR) is 51.7 cm³/mol. The molecule has 2 rings (SSSR count). The van der Waals surface area contributed by atoms with Crippen LogP contribution in [0.2, 0.25) is 0 Å². The number of hydrogen-bond donors (Lipinski definition) is 2. The Hall–Kier alpha value is -0.860. The maximum atomic E-state index is 8.67. The van der Waals surface area contributed by atoms with Gasteiger partial charge >= 0.3 is 0 Å². The number of aryl methyl sites for hydroxylation is 1. The number of benzene rings is 1. The Morgan fingerprint density at radius 1 is 1.23 bits per heavy atom. The number of rotatable bonds is 2. The molecule has 0 spiro atoms. The van der Waals surface area contributed by atoms with Crippen molar-refractivity contribution in [1.29, 1.82) is 0 Å². The first-order valence-corrected chi connectivity index (χ1v) is 4.88. The number of hydrogen-bond acceptors (Lipinski definition) is 2. The van der Waals surface area contributed by atoms with Crippen LogP contribution in [-0.4, -0.2) is 5.21 Å². The Morgan fingerprint density at radius 2 is 2.08 bits per heavy atom. The fourth-order valence-corrected chi connectivity index (χ4v) is 2.11. The molecule has 13 heavy (non-hydrogen) atoms. The Morgan fingerprint density at radius 3 is 2.92 bits per heavy atom. The van der Waals surface area contributed by atoms with Crippen molar-refractivity contribution in [1.82, 2.24) is 5.48 Å². The number of hydroxylamine groups is 1. The van der Waals surface area contributed by atoms with Gasteiger partial charge in [0.1, 0.15) is 0 Å². The SMILES string of the molecule is ONCc1cccc2c1CCCC2. The van der Waals surface area contributed by atoms with Gasteiger partial charge < -0.3 is 5.21 Å². The lowest BCUT2D eigenvalue weighted by atomic mass is 9.88. The molecule has 0 saturated heterocycles. The maximum absolute atomic E-state index is 8.67. The van der Waals surface area contributed by atoms with Crippen molar-refractivity contribution in [2.75, 3.05) is 0 Å². The third-order valence-corrected chi connectivity index (χ3v) is 2.76. The Bertz CT molecular complexity index is 296. The lowest BCUT2D eigenvalue weighted by Crippen LogP contribution is -2.12. The van der Waals surface area contributed by atoms with Gasteiger partial charge in [-0.1, -0.05) is 18.2 Å².